The highest BCUT2D eigenvalue weighted by molar-refractivity contribution is 5.85. The van der Waals surface area contributed by atoms with Crippen molar-refractivity contribution in [2.24, 2.45) is 5.73 Å². The van der Waals surface area contributed by atoms with Crippen LogP contribution in [-0.2, 0) is 11.2 Å². The molecule has 1 rings (SSSR count). The van der Waals surface area contributed by atoms with E-state index in [0.29, 0.717) is 6.42 Å². The van der Waals surface area contributed by atoms with Crippen molar-refractivity contribution in [2.75, 3.05) is 14.1 Å². The molecule has 5 heteroatoms. The minimum absolute atomic E-state index is 0. The van der Waals surface area contributed by atoms with E-state index < -0.39 is 11.9 Å². The first-order valence-electron chi connectivity index (χ1n) is 4.71. The number of halogens is 2. The molecule has 1 aromatic carbocycles. The molecular weight excluding hydrogens is 231 g/mol. The van der Waals surface area contributed by atoms with Crippen LogP contribution in [-0.4, -0.2) is 30.9 Å². The number of nitrogens with two attached hydrogens (primary N) is 1. The van der Waals surface area contributed by atoms with Crippen LogP contribution in [0.3, 0.4) is 0 Å². The van der Waals surface area contributed by atoms with Crippen LogP contribution >= 0.6 is 12.4 Å². The zero-order chi connectivity index (χ0) is 11.4. The second-order valence-electron chi connectivity index (χ2n) is 3.72. The molecule has 0 radical (unpaired) electrons. The number of amides is 1. The molecule has 0 bridgehead atoms. The Morgan fingerprint density at radius 3 is 2.56 bits per heavy atom. The molecule has 0 aliphatic rings. The van der Waals surface area contributed by atoms with Gasteiger partial charge < -0.3 is 5.73 Å². The molecular formula is C11H16ClFN2O. The monoisotopic (exact) mass is 246 g/mol. The molecule has 0 fully saturated rings. The Bertz CT molecular complexity index is 358. The Morgan fingerprint density at radius 2 is 2.12 bits per heavy atom. The average Bonchev–Trinajstić information content (AvgIpc) is 2.13. The Kier molecular flexibility index (Phi) is 6.00. The van der Waals surface area contributed by atoms with Crippen LogP contribution in [0.4, 0.5) is 4.39 Å². The molecule has 2 N–H and O–H groups in total. The van der Waals surface area contributed by atoms with Crippen molar-refractivity contribution < 1.29 is 9.18 Å². The van der Waals surface area contributed by atoms with Gasteiger partial charge in [-0.3, -0.25) is 9.69 Å². The molecule has 1 atom stereocenters. The van der Waals surface area contributed by atoms with Crippen molar-refractivity contribution >= 4 is 18.3 Å². The van der Waals surface area contributed by atoms with Crippen LogP contribution in [0.2, 0.25) is 0 Å². The summed E-state index contributed by atoms with van der Waals surface area (Å²) in [4.78, 5) is 12.8. The number of carbonyl (C=O) groups excluding carboxylic acids is 1. The molecule has 90 valence electrons. The largest absolute Gasteiger partial charge is 0.368 e. The standard InChI is InChI=1S/C11H15FN2O.ClH/c1-14(2)10(11(13)15)7-8-4-3-5-9(12)6-8;/h3-6,10H,7H2,1-2H3,(H2,13,15);1H. The highest BCUT2D eigenvalue weighted by Gasteiger charge is 2.18. The zero-order valence-electron chi connectivity index (χ0n) is 9.31. The van der Waals surface area contributed by atoms with Crippen LogP contribution in [0, 0.1) is 5.82 Å². The van der Waals surface area contributed by atoms with Crippen molar-refractivity contribution in [3.63, 3.8) is 0 Å². The van der Waals surface area contributed by atoms with Crippen LogP contribution < -0.4 is 5.73 Å². The Labute approximate surface area is 101 Å². The van der Waals surface area contributed by atoms with Crippen molar-refractivity contribution in [3.8, 4) is 0 Å². The number of likely N-dealkylation sites (N-methyl/N-ethyl adjacent to an activating group) is 1. The third kappa shape index (κ3) is 4.16. The molecule has 0 saturated heterocycles. The van der Waals surface area contributed by atoms with Gasteiger partial charge in [0.15, 0.2) is 0 Å². The van der Waals surface area contributed by atoms with Crippen molar-refractivity contribution in [2.45, 2.75) is 12.5 Å². The van der Waals surface area contributed by atoms with Gasteiger partial charge in [0.05, 0.1) is 6.04 Å². The third-order valence-electron chi connectivity index (χ3n) is 2.27. The first-order valence-corrected chi connectivity index (χ1v) is 4.71. The summed E-state index contributed by atoms with van der Waals surface area (Å²) in [6.45, 7) is 0. The van der Waals surface area contributed by atoms with Gasteiger partial charge in [-0.05, 0) is 38.2 Å². The summed E-state index contributed by atoms with van der Waals surface area (Å²) in [5.41, 5.74) is 6.02. The molecule has 1 unspecified atom stereocenters. The molecule has 1 amide bonds. The van der Waals surface area contributed by atoms with Crippen LogP contribution in [0.25, 0.3) is 0 Å². The molecule has 0 aromatic heterocycles. The average molecular weight is 247 g/mol. The summed E-state index contributed by atoms with van der Waals surface area (Å²) in [6, 6.07) is 5.80. The highest BCUT2D eigenvalue weighted by Crippen LogP contribution is 2.08. The number of benzene rings is 1. The van der Waals surface area contributed by atoms with E-state index >= 15 is 0 Å². The van der Waals surface area contributed by atoms with E-state index in [1.54, 1.807) is 31.1 Å². The maximum Gasteiger partial charge on any atom is 0.235 e. The summed E-state index contributed by atoms with van der Waals surface area (Å²) in [5, 5.41) is 0. The number of rotatable bonds is 4. The minimum Gasteiger partial charge on any atom is -0.368 e. The van der Waals surface area contributed by atoms with E-state index in [-0.39, 0.29) is 18.2 Å². The lowest BCUT2D eigenvalue weighted by Gasteiger charge is -2.20. The van der Waals surface area contributed by atoms with Gasteiger partial charge in [0, 0.05) is 0 Å². The van der Waals surface area contributed by atoms with E-state index in [9.17, 15) is 9.18 Å². The lowest BCUT2D eigenvalue weighted by molar-refractivity contribution is -0.122. The zero-order valence-corrected chi connectivity index (χ0v) is 10.1. The van der Waals surface area contributed by atoms with E-state index in [4.69, 9.17) is 5.73 Å². The molecule has 1 aromatic rings. The lowest BCUT2D eigenvalue weighted by atomic mass is 10.0. The van der Waals surface area contributed by atoms with E-state index in [1.807, 2.05) is 0 Å². The first-order chi connectivity index (χ1) is 7.00. The van der Waals surface area contributed by atoms with E-state index in [2.05, 4.69) is 0 Å². The number of hydrogen-bond donors (Lipinski definition) is 1. The van der Waals surface area contributed by atoms with Crippen LogP contribution in [0.5, 0.6) is 0 Å². The number of primary amides is 1. The second kappa shape index (κ2) is 6.45. The van der Waals surface area contributed by atoms with Gasteiger partial charge in [-0.1, -0.05) is 12.1 Å². The van der Waals surface area contributed by atoms with Crippen LogP contribution in [0.15, 0.2) is 24.3 Å². The first kappa shape index (κ1) is 14.9. The fourth-order valence-electron chi connectivity index (χ4n) is 1.42. The Balaban J connectivity index is 0.00000225. The van der Waals surface area contributed by atoms with E-state index in [0.717, 1.165) is 5.56 Å². The maximum absolute atomic E-state index is 12.9. The Hall–Kier alpha value is -1.13. The van der Waals surface area contributed by atoms with Crippen molar-refractivity contribution in [1.82, 2.24) is 4.90 Å². The molecule has 3 nitrogen and oxygen atoms in total. The van der Waals surface area contributed by atoms with Gasteiger partial charge in [0.25, 0.3) is 0 Å². The second-order valence-corrected chi connectivity index (χ2v) is 3.72. The third-order valence-corrected chi connectivity index (χ3v) is 2.27. The van der Waals surface area contributed by atoms with Crippen molar-refractivity contribution in [3.05, 3.63) is 35.6 Å². The molecule has 0 saturated carbocycles. The van der Waals surface area contributed by atoms with Crippen LogP contribution in [0.1, 0.15) is 5.56 Å². The fraction of sp³-hybridized carbons (Fsp3) is 0.364. The van der Waals surface area contributed by atoms with E-state index in [1.165, 1.54) is 12.1 Å². The summed E-state index contributed by atoms with van der Waals surface area (Å²) in [6.07, 6.45) is 0.431. The lowest BCUT2D eigenvalue weighted by Crippen LogP contribution is -2.41. The predicted molar refractivity (Wildman–Crippen MR) is 64.0 cm³/mol. The molecule has 0 spiro atoms. The van der Waals surface area contributed by atoms with Gasteiger partial charge in [0.2, 0.25) is 5.91 Å². The normalized spacial score (nSPS) is 12.0. The maximum atomic E-state index is 12.9. The highest BCUT2D eigenvalue weighted by atomic mass is 35.5. The van der Waals surface area contributed by atoms with Gasteiger partial charge in [-0.2, -0.15) is 0 Å². The summed E-state index contributed by atoms with van der Waals surface area (Å²) in [7, 11) is 3.55. The summed E-state index contributed by atoms with van der Waals surface area (Å²) < 4.78 is 12.9. The smallest absolute Gasteiger partial charge is 0.235 e. The fourth-order valence-corrected chi connectivity index (χ4v) is 1.42. The predicted octanol–water partition coefficient (Wildman–Crippen LogP) is 1.21. The number of nitrogens with zero attached hydrogens (tertiary/aromatic N) is 1. The molecule has 0 heterocycles. The molecule has 16 heavy (non-hydrogen) atoms. The van der Waals surface area contributed by atoms with Gasteiger partial charge in [0.1, 0.15) is 5.82 Å². The quantitative estimate of drug-likeness (QED) is 0.868. The van der Waals surface area contributed by atoms with Gasteiger partial charge >= 0.3 is 0 Å². The summed E-state index contributed by atoms with van der Waals surface area (Å²) in [5.74, 6) is -0.696. The molecule has 0 aliphatic carbocycles. The minimum atomic E-state index is -0.399. The van der Waals surface area contributed by atoms with Crippen molar-refractivity contribution in [1.29, 1.82) is 0 Å². The summed E-state index contributed by atoms with van der Waals surface area (Å²) >= 11 is 0. The molecule has 0 aliphatic heterocycles. The topological polar surface area (TPSA) is 46.3 Å². The SMILES string of the molecule is CN(C)C(Cc1cccc(F)c1)C(N)=O.Cl. The Morgan fingerprint density at radius 1 is 1.50 bits per heavy atom. The van der Waals surface area contributed by atoms with Gasteiger partial charge in [-0.15, -0.1) is 12.4 Å². The van der Waals surface area contributed by atoms with Gasteiger partial charge in [-0.25, -0.2) is 4.39 Å². The number of hydrogen-bond acceptors (Lipinski definition) is 2. The number of carbonyl (C=O) groups is 1.